The third-order valence-electron chi connectivity index (χ3n) is 3.74. The molecule has 2 aromatic carbocycles. The lowest BCUT2D eigenvalue weighted by Crippen LogP contribution is -2.23. The van der Waals surface area contributed by atoms with E-state index in [4.69, 9.17) is 4.42 Å². The number of sulfonamides is 2. The van der Waals surface area contributed by atoms with Gasteiger partial charge < -0.3 is 4.42 Å². The number of hydrogen-bond donors (Lipinski definition) is 2. The van der Waals surface area contributed by atoms with Gasteiger partial charge in [-0.25, -0.2) is 21.6 Å². The summed E-state index contributed by atoms with van der Waals surface area (Å²) < 4.78 is 59.7. The van der Waals surface area contributed by atoms with Crippen LogP contribution in [0.15, 0.2) is 81.1 Å². The summed E-state index contributed by atoms with van der Waals surface area (Å²) in [5.74, 6) is 0.467. The molecule has 7 nitrogen and oxygen atoms in total. The molecule has 1 aromatic heterocycles. The maximum absolute atomic E-state index is 12.5. The quantitative estimate of drug-likeness (QED) is 0.628. The van der Waals surface area contributed by atoms with E-state index in [0.717, 1.165) is 5.56 Å². The van der Waals surface area contributed by atoms with E-state index in [2.05, 4.69) is 9.44 Å². The van der Waals surface area contributed by atoms with Gasteiger partial charge in [-0.2, -0.15) is 0 Å². The summed E-state index contributed by atoms with van der Waals surface area (Å²) in [6, 6.07) is 15.3. The molecule has 0 radical (unpaired) electrons. The van der Waals surface area contributed by atoms with Gasteiger partial charge in [0.25, 0.3) is 10.0 Å². The number of nitrogens with one attached hydrogen (secondary N) is 2. The smallest absolute Gasteiger partial charge is 0.261 e. The number of aryl methyl sites for hydroxylation is 1. The highest BCUT2D eigenvalue weighted by Gasteiger charge is 2.18. The van der Waals surface area contributed by atoms with Gasteiger partial charge in [0.15, 0.2) is 0 Å². The van der Waals surface area contributed by atoms with Gasteiger partial charge in [-0.05, 0) is 49.4 Å². The zero-order chi connectivity index (χ0) is 19.5. The molecule has 3 aromatic rings. The fraction of sp³-hybridized carbons (Fsp3) is 0.111. The van der Waals surface area contributed by atoms with Crippen molar-refractivity contribution in [3.63, 3.8) is 0 Å². The lowest BCUT2D eigenvalue weighted by molar-refractivity contribution is 0.498. The number of furan rings is 1. The normalized spacial score (nSPS) is 12.0. The number of anilines is 1. The van der Waals surface area contributed by atoms with E-state index in [1.165, 1.54) is 42.7 Å². The van der Waals surface area contributed by atoms with E-state index in [0.29, 0.717) is 5.76 Å². The number of rotatable bonds is 7. The van der Waals surface area contributed by atoms with Crippen molar-refractivity contribution in [2.45, 2.75) is 23.3 Å². The summed E-state index contributed by atoms with van der Waals surface area (Å²) in [6.07, 6.45) is 1.45. The molecule has 2 N–H and O–H groups in total. The van der Waals surface area contributed by atoms with Crippen LogP contribution in [0.25, 0.3) is 0 Å². The summed E-state index contributed by atoms with van der Waals surface area (Å²) in [7, 11) is -7.65. The Balaban J connectivity index is 1.79. The van der Waals surface area contributed by atoms with Crippen molar-refractivity contribution < 1.29 is 21.3 Å². The van der Waals surface area contributed by atoms with Gasteiger partial charge in [0.1, 0.15) is 5.76 Å². The van der Waals surface area contributed by atoms with Gasteiger partial charge in [-0.15, -0.1) is 0 Å². The Kier molecular flexibility index (Phi) is 5.36. The van der Waals surface area contributed by atoms with Gasteiger partial charge in [0, 0.05) is 0 Å². The number of hydrogen-bond acceptors (Lipinski definition) is 5. The predicted molar refractivity (Wildman–Crippen MR) is 101 cm³/mol. The third kappa shape index (κ3) is 4.76. The molecule has 0 fully saturated rings. The first kappa shape index (κ1) is 19.2. The van der Waals surface area contributed by atoms with Crippen LogP contribution in [0.5, 0.6) is 0 Å². The van der Waals surface area contributed by atoms with Gasteiger partial charge >= 0.3 is 0 Å². The maximum atomic E-state index is 12.5. The fourth-order valence-electron chi connectivity index (χ4n) is 2.32. The molecular formula is C18H18N2O5S2. The molecule has 0 saturated carbocycles. The summed E-state index contributed by atoms with van der Waals surface area (Å²) in [5.41, 5.74) is 1.08. The third-order valence-corrected chi connectivity index (χ3v) is 6.54. The minimum Gasteiger partial charge on any atom is -0.468 e. The van der Waals surface area contributed by atoms with Crippen LogP contribution in [0.3, 0.4) is 0 Å². The molecule has 27 heavy (non-hydrogen) atoms. The highest BCUT2D eigenvalue weighted by Crippen LogP contribution is 2.20. The molecule has 0 unspecified atom stereocenters. The van der Waals surface area contributed by atoms with E-state index in [1.807, 2.05) is 6.92 Å². The minimum atomic E-state index is -3.83. The Morgan fingerprint density at radius 3 is 2.26 bits per heavy atom. The first-order chi connectivity index (χ1) is 12.8. The highest BCUT2D eigenvalue weighted by atomic mass is 32.2. The molecule has 0 amide bonds. The molecule has 0 aliphatic rings. The Labute approximate surface area is 158 Å². The summed E-state index contributed by atoms with van der Waals surface area (Å²) in [5, 5.41) is 0. The van der Waals surface area contributed by atoms with Gasteiger partial charge in [0.2, 0.25) is 10.0 Å². The second-order valence-corrected chi connectivity index (χ2v) is 9.30. The second-order valence-electron chi connectivity index (χ2n) is 5.85. The zero-order valence-electron chi connectivity index (χ0n) is 14.4. The van der Waals surface area contributed by atoms with Crippen LogP contribution in [0.1, 0.15) is 11.3 Å². The van der Waals surface area contributed by atoms with E-state index >= 15 is 0 Å². The van der Waals surface area contributed by atoms with Crippen molar-refractivity contribution in [3.8, 4) is 0 Å². The van der Waals surface area contributed by atoms with Crippen molar-refractivity contribution in [1.29, 1.82) is 0 Å². The second kappa shape index (κ2) is 7.55. The van der Waals surface area contributed by atoms with Crippen LogP contribution in [-0.4, -0.2) is 16.8 Å². The average Bonchev–Trinajstić information content (AvgIpc) is 3.14. The SMILES string of the molecule is Cc1ccc(S(=O)(=O)Nc2cccc(S(=O)(=O)NCc3ccco3)c2)cc1. The Hall–Kier alpha value is -2.62. The van der Waals surface area contributed by atoms with Crippen molar-refractivity contribution in [2.75, 3.05) is 4.72 Å². The molecule has 0 saturated heterocycles. The van der Waals surface area contributed by atoms with Crippen LogP contribution < -0.4 is 9.44 Å². The largest absolute Gasteiger partial charge is 0.468 e. The van der Waals surface area contributed by atoms with E-state index in [9.17, 15) is 16.8 Å². The maximum Gasteiger partial charge on any atom is 0.261 e. The van der Waals surface area contributed by atoms with Gasteiger partial charge in [0.05, 0.1) is 28.3 Å². The van der Waals surface area contributed by atoms with Gasteiger partial charge in [-0.3, -0.25) is 4.72 Å². The minimum absolute atomic E-state index is 0.00530. The molecule has 3 rings (SSSR count). The molecule has 0 atom stereocenters. The summed E-state index contributed by atoms with van der Waals surface area (Å²) >= 11 is 0. The summed E-state index contributed by atoms with van der Waals surface area (Å²) in [6.45, 7) is 1.85. The van der Waals surface area contributed by atoms with Crippen molar-refractivity contribution in [3.05, 3.63) is 78.3 Å². The lowest BCUT2D eigenvalue weighted by atomic mass is 10.2. The molecule has 9 heteroatoms. The molecule has 0 aliphatic carbocycles. The van der Waals surface area contributed by atoms with Crippen LogP contribution in [0.2, 0.25) is 0 Å². The Morgan fingerprint density at radius 1 is 0.852 bits per heavy atom. The van der Waals surface area contributed by atoms with E-state index < -0.39 is 20.0 Å². The Bertz CT molecular complexity index is 1120. The molecule has 0 aliphatic heterocycles. The van der Waals surface area contributed by atoms with Crippen molar-refractivity contribution in [1.82, 2.24) is 4.72 Å². The molecule has 0 bridgehead atoms. The predicted octanol–water partition coefficient (Wildman–Crippen LogP) is 2.87. The average molecular weight is 406 g/mol. The topological polar surface area (TPSA) is 105 Å². The van der Waals surface area contributed by atoms with Crippen molar-refractivity contribution >= 4 is 25.7 Å². The first-order valence-corrected chi connectivity index (χ1v) is 10.9. The van der Waals surface area contributed by atoms with Crippen LogP contribution in [-0.2, 0) is 26.6 Å². The standard InChI is InChI=1S/C18H18N2O5S2/c1-14-7-9-17(10-8-14)27(23,24)20-15-4-2-6-18(12-15)26(21,22)19-13-16-5-3-11-25-16/h2-12,19-20H,13H2,1H3. The van der Waals surface area contributed by atoms with Gasteiger partial charge in [-0.1, -0.05) is 23.8 Å². The molecule has 1 heterocycles. The highest BCUT2D eigenvalue weighted by molar-refractivity contribution is 7.92. The van der Waals surface area contributed by atoms with E-state index in [1.54, 1.807) is 24.3 Å². The Morgan fingerprint density at radius 2 is 1.59 bits per heavy atom. The van der Waals surface area contributed by atoms with E-state index in [-0.39, 0.29) is 22.0 Å². The molecule has 0 spiro atoms. The van der Waals surface area contributed by atoms with Crippen LogP contribution >= 0.6 is 0 Å². The van der Waals surface area contributed by atoms with Crippen LogP contribution in [0.4, 0.5) is 5.69 Å². The zero-order valence-corrected chi connectivity index (χ0v) is 16.0. The van der Waals surface area contributed by atoms with Crippen molar-refractivity contribution in [2.24, 2.45) is 0 Å². The molecule has 142 valence electrons. The first-order valence-electron chi connectivity index (χ1n) is 7.98. The fourth-order valence-corrected chi connectivity index (χ4v) is 4.41. The number of benzene rings is 2. The molecular weight excluding hydrogens is 388 g/mol. The summed E-state index contributed by atoms with van der Waals surface area (Å²) in [4.78, 5) is 0.0375. The van der Waals surface area contributed by atoms with Crippen LogP contribution in [0, 0.1) is 6.92 Å². The lowest BCUT2D eigenvalue weighted by Gasteiger charge is -2.10. The monoisotopic (exact) mass is 406 g/mol.